The van der Waals surface area contributed by atoms with Crippen LogP contribution in [0.5, 0.6) is 0 Å². The highest BCUT2D eigenvalue weighted by molar-refractivity contribution is 5.50. The number of nitrogens with two attached hydrogens (primary N) is 2. The molecule has 0 amide bonds. The summed E-state index contributed by atoms with van der Waals surface area (Å²) in [6.45, 7) is 4.33. The summed E-state index contributed by atoms with van der Waals surface area (Å²) in [6.07, 6.45) is 17.1. The molecular formula is C40H52N2. The third-order valence-corrected chi connectivity index (χ3v) is 8.72. The lowest BCUT2D eigenvalue weighted by Gasteiger charge is -2.08. The van der Waals surface area contributed by atoms with E-state index in [1.807, 2.05) is 0 Å². The van der Waals surface area contributed by atoms with Crippen LogP contribution in [0.15, 0.2) is 84.9 Å². The summed E-state index contributed by atoms with van der Waals surface area (Å²) in [5, 5.41) is 0. The van der Waals surface area contributed by atoms with E-state index < -0.39 is 0 Å². The highest BCUT2D eigenvalue weighted by atomic mass is 14.6. The number of nitrogen functional groups attached to an aromatic ring is 2. The van der Waals surface area contributed by atoms with Gasteiger partial charge in [-0.3, -0.25) is 0 Å². The highest BCUT2D eigenvalue weighted by Crippen LogP contribution is 2.20. The van der Waals surface area contributed by atoms with Gasteiger partial charge in [0.25, 0.3) is 0 Å². The molecule has 4 N–H and O–H groups in total. The smallest absolute Gasteiger partial charge is 0.0346 e. The third-order valence-electron chi connectivity index (χ3n) is 8.72. The van der Waals surface area contributed by atoms with Gasteiger partial charge in [-0.15, -0.1) is 0 Å². The van der Waals surface area contributed by atoms with E-state index in [0.29, 0.717) is 0 Å². The topological polar surface area (TPSA) is 52.0 Å². The van der Waals surface area contributed by atoms with Crippen molar-refractivity contribution in [3.05, 3.63) is 129 Å². The normalized spacial score (nSPS) is 11.2. The van der Waals surface area contributed by atoms with Gasteiger partial charge in [0, 0.05) is 11.4 Å². The summed E-state index contributed by atoms with van der Waals surface area (Å²) in [6, 6.07) is 31.4. The summed E-state index contributed by atoms with van der Waals surface area (Å²) in [4.78, 5) is 0. The van der Waals surface area contributed by atoms with Crippen LogP contribution in [0.4, 0.5) is 11.4 Å². The minimum Gasteiger partial charge on any atom is -0.399 e. The Balaban J connectivity index is 1.03. The standard InChI is InChI=1S/C40H52N2/c1-3-37-29-35(23-25-39(37)41)27-33-19-15-31(16-20-33)13-11-9-7-5-6-8-10-12-14-32-17-21-34(22-18-32)28-36-24-26-40(42)38(4-2)30-36/h15-26,29-30H,3-14,27-28,41-42H2,1-2H3. The fourth-order valence-corrected chi connectivity index (χ4v) is 5.99. The van der Waals surface area contributed by atoms with Crippen LogP contribution in [0.2, 0.25) is 0 Å². The number of hydrogen-bond donors (Lipinski definition) is 2. The van der Waals surface area contributed by atoms with E-state index in [-0.39, 0.29) is 0 Å². The van der Waals surface area contributed by atoms with Crippen molar-refractivity contribution in [2.75, 3.05) is 11.5 Å². The molecule has 42 heavy (non-hydrogen) atoms. The molecule has 0 saturated carbocycles. The van der Waals surface area contributed by atoms with Crippen molar-refractivity contribution in [2.45, 2.75) is 104 Å². The van der Waals surface area contributed by atoms with Gasteiger partial charge >= 0.3 is 0 Å². The van der Waals surface area contributed by atoms with E-state index in [9.17, 15) is 0 Å². The van der Waals surface area contributed by atoms with Crippen molar-refractivity contribution >= 4 is 11.4 Å². The fourth-order valence-electron chi connectivity index (χ4n) is 5.99. The molecule has 2 heteroatoms. The first-order valence-corrected chi connectivity index (χ1v) is 16.4. The van der Waals surface area contributed by atoms with E-state index in [1.165, 1.54) is 109 Å². The first-order valence-electron chi connectivity index (χ1n) is 16.4. The van der Waals surface area contributed by atoms with E-state index in [2.05, 4.69) is 98.8 Å². The highest BCUT2D eigenvalue weighted by Gasteiger charge is 2.04. The first kappa shape index (κ1) is 31.4. The molecular weight excluding hydrogens is 508 g/mol. The molecule has 4 aromatic carbocycles. The predicted molar refractivity (Wildman–Crippen MR) is 183 cm³/mol. The van der Waals surface area contributed by atoms with Crippen LogP contribution >= 0.6 is 0 Å². The Morgan fingerprint density at radius 2 is 0.690 bits per heavy atom. The average Bonchev–Trinajstić information content (AvgIpc) is 3.01. The predicted octanol–water partition coefficient (Wildman–Crippen LogP) is 10.1. The average molecular weight is 561 g/mol. The van der Waals surface area contributed by atoms with E-state index >= 15 is 0 Å². The van der Waals surface area contributed by atoms with Crippen LogP contribution in [-0.2, 0) is 38.5 Å². The van der Waals surface area contributed by atoms with Crippen molar-refractivity contribution < 1.29 is 0 Å². The maximum absolute atomic E-state index is 6.06. The number of benzene rings is 4. The van der Waals surface area contributed by atoms with Gasteiger partial charge in [-0.1, -0.05) is 125 Å². The number of rotatable bonds is 17. The summed E-state index contributed by atoms with van der Waals surface area (Å²) < 4.78 is 0. The van der Waals surface area contributed by atoms with Gasteiger partial charge in [-0.05, 0) is 108 Å². The largest absolute Gasteiger partial charge is 0.399 e. The summed E-state index contributed by atoms with van der Waals surface area (Å²) >= 11 is 0. The molecule has 0 heterocycles. The Bertz CT molecular complexity index is 1240. The van der Waals surface area contributed by atoms with Gasteiger partial charge in [0.15, 0.2) is 0 Å². The maximum atomic E-state index is 6.06. The number of hydrogen-bond acceptors (Lipinski definition) is 2. The van der Waals surface area contributed by atoms with Gasteiger partial charge in [0.1, 0.15) is 0 Å². The SMILES string of the molecule is CCc1cc(Cc2ccc(CCCCCCCCCCc3ccc(Cc4ccc(N)c(CC)c4)cc3)cc2)ccc1N. The van der Waals surface area contributed by atoms with Crippen molar-refractivity contribution in [3.8, 4) is 0 Å². The molecule has 0 radical (unpaired) electrons. The third kappa shape index (κ3) is 10.1. The molecule has 0 aromatic heterocycles. The lowest BCUT2D eigenvalue weighted by Crippen LogP contribution is -1.96. The fraction of sp³-hybridized carbons (Fsp3) is 0.400. The van der Waals surface area contributed by atoms with Gasteiger partial charge in [-0.2, -0.15) is 0 Å². The number of anilines is 2. The monoisotopic (exact) mass is 560 g/mol. The van der Waals surface area contributed by atoms with Crippen molar-refractivity contribution in [2.24, 2.45) is 0 Å². The summed E-state index contributed by atoms with van der Waals surface area (Å²) in [5.41, 5.74) is 24.8. The maximum Gasteiger partial charge on any atom is 0.0346 e. The lowest BCUT2D eigenvalue weighted by atomic mass is 9.98. The zero-order valence-corrected chi connectivity index (χ0v) is 26.1. The molecule has 2 nitrogen and oxygen atoms in total. The van der Waals surface area contributed by atoms with E-state index in [0.717, 1.165) is 37.1 Å². The van der Waals surface area contributed by atoms with Crippen LogP contribution in [0.25, 0.3) is 0 Å². The van der Waals surface area contributed by atoms with E-state index in [1.54, 1.807) is 0 Å². The van der Waals surface area contributed by atoms with Crippen LogP contribution in [-0.4, -0.2) is 0 Å². The molecule has 0 atom stereocenters. The molecule has 222 valence electrons. The van der Waals surface area contributed by atoms with Gasteiger partial charge < -0.3 is 11.5 Å². The zero-order valence-electron chi connectivity index (χ0n) is 26.1. The molecule has 0 aliphatic heterocycles. The van der Waals surface area contributed by atoms with Crippen LogP contribution in [0, 0.1) is 0 Å². The quantitative estimate of drug-likeness (QED) is 0.0997. The number of aryl methyl sites for hydroxylation is 4. The molecule has 4 aromatic rings. The van der Waals surface area contributed by atoms with Crippen molar-refractivity contribution in [1.82, 2.24) is 0 Å². The van der Waals surface area contributed by atoms with Gasteiger partial charge in [0.05, 0.1) is 0 Å². The molecule has 0 aliphatic carbocycles. The Labute approximate surface area is 255 Å². The Kier molecular flexibility index (Phi) is 12.6. The van der Waals surface area contributed by atoms with Crippen LogP contribution in [0.1, 0.15) is 110 Å². The van der Waals surface area contributed by atoms with Crippen LogP contribution in [0.3, 0.4) is 0 Å². The minimum absolute atomic E-state index is 0.908. The molecule has 0 bridgehead atoms. The van der Waals surface area contributed by atoms with Gasteiger partial charge in [0.2, 0.25) is 0 Å². The second-order valence-electron chi connectivity index (χ2n) is 12.1. The Morgan fingerprint density at radius 1 is 0.381 bits per heavy atom. The Hall–Kier alpha value is -3.52. The molecule has 0 saturated heterocycles. The minimum atomic E-state index is 0.908. The molecule has 0 spiro atoms. The summed E-state index contributed by atoms with van der Waals surface area (Å²) in [5.74, 6) is 0. The van der Waals surface area contributed by atoms with Crippen molar-refractivity contribution in [1.29, 1.82) is 0 Å². The Morgan fingerprint density at radius 3 is 1.05 bits per heavy atom. The zero-order chi connectivity index (χ0) is 29.6. The van der Waals surface area contributed by atoms with E-state index in [4.69, 9.17) is 11.5 Å². The van der Waals surface area contributed by atoms with Crippen LogP contribution < -0.4 is 11.5 Å². The lowest BCUT2D eigenvalue weighted by molar-refractivity contribution is 0.567. The van der Waals surface area contributed by atoms with Gasteiger partial charge in [-0.25, -0.2) is 0 Å². The second kappa shape index (κ2) is 16.8. The molecule has 0 fully saturated rings. The number of unbranched alkanes of at least 4 members (excludes halogenated alkanes) is 7. The molecule has 0 unspecified atom stereocenters. The second-order valence-corrected chi connectivity index (χ2v) is 12.1. The molecule has 0 aliphatic rings. The first-order chi connectivity index (χ1) is 20.5. The summed E-state index contributed by atoms with van der Waals surface area (Å²) in [7, 11) is 0. The molecule has 4 rings (SSSR count). The van der Waals surface area contributed by atoms with Crippen molar-refractivity contribution in [3.63, 3.8) is 0 Å².